The van der Waals surface area contributed by atoms with E-state index < -0.39 is 11.4 Å². The number of ether oxygens (including phenoxy) is 1. The molecule has 0 unspecified atom stereocenters. The van der Waals surface area contributed by atoms with Gasteiger partial charge >= 0.3 is 0 Å². The minimum atomic E-state index is -0.826. The summed E-state index contributed by atoms with van der Waals surface area (Å²) in [4.78, 5) is 15.4. The fourth-order valence-electron chi connectivity index (χ4n) is 0.978. The summed E-state index contributed by atoms with van der Waals surface area (Å²) in [5.41, 5.74) is -0.826. The van der Waals surface area contributed by atoms with Gasteiger partial charge in [0.1, 0.15) is 17.2 Å². The van der Waals surface area contributed by atoms with Crippen LogP contribution in [0.3, 0.4) is 0 Å². The monoisotopic (exact) mass is 226 g/mol. The summed E-state index contributed by atoms with van der Waals surface area (Å²) in [6.07, 6.45) is 1.09. The molecule has 4 nitrogen and oxygen atoms in total. The molecule has 1 rings (SSSR count). The molecule has 0 aliphatic rings. The molecule has 0 aromatic carbocycles. The standard InChI is InChI=1S/C11H15FN2O2/c1-11(2,16-3)9(15)7-14-10-5-4-8(12)6-13-10/h4-6H,7H2,1-3H3,(H,13,14). The highest BCUT2D eigenvalue weighted by Crippen LogP contribution is 2.10. The Bertz CT molecular complexity index is 363. The number of hydrogen-bond acceptors (Lipinski definition) is 4. The van der Waals surface area contributed by atoms with E-state index in [1.807, 2.05) is 0 Å². The zero-order valence-electron chi connectivity index (χ0n) is 9.58. The molecule has 1 aromatic rings. The van der Waals surface area contributed by atoms with Crippen molar-refractivity contribution in [2.24, 2.45) is 0 Å². The summed E-state index contributed by atoms with van der Waals surface area (Å²) in [6, 6.07) is 2.75. The summed E-state index contributed by atoms with van der Waals surface area (Å²) >= 11 is 0. The first-order valence-corrected chi connectivity index (χ1v) is 4.89. The van der Waals surface area contributed by atoms with E-state index in [0.717, 1.165) is 6.20 Å². The maximum atomic E-state index is 12.6. The Morgan fingerprint density at radius 3 is 2.75 bits per heavy atom. The van der Waals surface area contributed by atoms with Crippen LogP contribution < -0.4 is 5.32 Å². The van der Waals surface area contributed by atoms with E-state index in [-0.39, 0.29) is 12.3 Å². The molecule has 16 heavy (non-hydrogen) atoms. The van der Waals surface area contributed by atoms with E-state index in [0.29, 0.717) is 5.82 Å². The predicted octanol–water partition coefficient (Wildman–Crippen LogP) is 1.63. The van der Waals surface area contributed by atoms with Crippen molar-refractivity contribution in [3.8, 4) is 0 Å². The molecule has 0 aliphatic heterocycles. The smallest absolute Gasteiger partial charge is 0.183 e. The second kappa shape index (κ2) is 5.03. The fourth-order valence-corrected chi connectivity index (χ4v) is 0.978. The molecule has 0 bridgehead atoms. The molecule has 1 N–H and O–H groups in total. The minimum absolute atomic E-state index is 0.0962. The molecule has 0 atom stereocenters. The summed E-state index contributed by atoms with van der Waals surface area (Å²) in [6.45, 7) is 3.48. The lowest BCUT2D eigenvalue weighted by atomic mass is 10.0. The number of pyridine rings is 1. The Labute approximate surface area is 93.8 Å². The van der Waals surface area contributed by atoms with Gasteiger partial charge in [-0.25, -0.2) is 9.37 Å². The van der Waals surface area contributed by atoms with E-state index in [9.17, 15) is 9.18 Å². The van der Waals surface area contributed by atoms with E-state index in [4.69, 9.17) is 4.74 Å². The first-order valence-electron chi connectivity index (χ1n) is 4.89. The number of methoxy groups -OCH3 is 1. The summed E-state index contributed by atoms with van der Waals surface area (Å²) in [5.74, 6) is -0.0446. The number of rotatable bonds is 5. The SMILES string of the molecule is COC(C)(C)C(=O)CNc1ccc(F)cn1. The van der Waals surface area contributed by atoms with Gasteiger partial charge in [-0.1, -0.05) is 0 Å². The molecule has 5 heteroatoms. The van der Waals surface area contributed by atoms with Gasteiger partial charge in [0.25, 0.3) is 0 Å². The average molecular weight is 226 g/mol. The van der Waals surface area contributed by atoms with E-state index >= 15 is 0 Å². The summed E-state index contributed by atoms with van der Waals surface area (Å²) in [7, 11) is 1.48. The van der Waals surface area contributed by atoms with Crippen molar-refractivity contribution in [2.45, 2.75) is 19.4 Å². The largest absolute Gasteiger partial charge is 0.371 e. The van der Waals surface area contributed by atoms with Crippen molar-refractivity contribution >= 4 is 11.6 Å². The lowest BCUT2D eigenvalue weighted by Crippen LogP contribution is -2.38. The molecule has 0 amide bonds. The highest BCUT2D eigenvalue weighted by atomic mass is 19.1. The van der Waals surface area contributed by atoms with Gasteiger partial charge in [-0.2, -0.15) is 0 Å². The Balaban J connectivity index is 2.52. The third kappa shape index (κ3) is 3.27. The number of Topliss-reactive ketones (excluding diaryl/α,β-unsaturated/α-hetero) is 1. The Hall–Kier alpha value is -1.49. The van der Waals surface area contributed by atoms with Gasteiger partial charge in [0.2, 0.25) is 0 Å². The number of nitrogens with zero attached hydrogens (tertiary/aromatic N) is 1. The van der Waals surface area contributed by atoms with Crippen LogP contribution in [0.1, 0.15) is 13.8 Å². The van der Waals surface area contributed by atoms with E-state index in [2.05, 4.69) is 10.3 Å². The van der Waals surface area contributed by atoms with Crippen LogP contribution in [0.25, 0.3) is 0 Å². The molecular weight excluding hydrogens is 211 g/mol. The van der Waals surface area contributed by atoms with Crippen LogP contribution in [0.5, 0.6) is 0 Å². The van der Waals surface area contributed by atoms with Crippen LogP contribution in [-0.4, -0.2) is 30.0 Å². The lowest BCUT2D eigenvalue weighted by molar-refractivity contribution is -0.135. The molecule has 0 saturated heterocycles. The lowest BCUT2D eigenvalue weighted by Gasteiger charge is -2.21. The van der Waals surface area contributed by atoms with E-state index in [1.165, 1.54) is 19.2 Å². The quantitative estimate of drug-likeness (QED) is 0.829. The van der Waals surface area contributed by atoms with Gasteiger partial charge in [0.05, 0.1) is 12.7 Å². The minimum Gasteiger partial charge on any atom is -0.371 e. The van der Waals surface area contributed by atoms with Crippen molar-refractivity contribution in [2.75, 3.05) is 19.0 Å². The van der Waals surface area contributed by atoms with Gasteiger partial charge in [-0.3, -0.25) is 4.79 Å². The van der Waals surface area contributed by atoms with Crippen molar-refractivity contribution in [1.29, 1.82) is 0 Å². The van der Waals surface area contributed by atoms with Crippen LogP contribution in [-0.2, 0) is 9.53 Å². The van der Waals surface area contributed by atoms with Crippen LogP contribution in [0.2, 0.25) is 0 Å². The molecule has 1 heterocycles. The topological polar surface area (TPSA) is 51.2 Å². The van der Waals surface area contributed by atoms with Gasteiger partial charge in [-0.15, -0.1) is 0 Å². The highest BCUT2D eigenvalue weighted by Gasteiger charge is 2.26. The fraction of sp³-hybridized carbons (Fsp3) is 0.455. The number of anilines is 1. The summed E-state index contributed by atoms with van der Waals surface area (Å²) < 4.78 is 17.6. The Morgan fingerprint density at radius 1 is 1.56 bits per heavy atom. The first-order chi connectivity index (χ1) is 7.45. The molecule has 0 aliphatic carbocycles. The predicted molar refractivity (Wildman–Crippen MR) is 58.8 cm³/mol. The van der Waals surface area contributed by atoms with Gasteiger partial charge < -0.3 is 10.1 Å². The molecular formula is C11H15FN2O2. The number of aromatic nitrogens is 1. The maximum Gasteiger partial charge on any atom is 0.183 e. The zero-order valence-corrected chi connectivity index (χ0v) is 9.58. The van der Waals surface area contributed by atoms with Gasteiger partial charge in [0, 0.05) is 7.11 Å². The van der Waals surface area contributed by atoms with Crippen LogP contribution >= 0.6 is 0 Å². The van der Waals surface area contributed by atoms with Crippen molar-refractivity contribution in [1.82, 2.24) is 4.98 Å². The van der Waals surface area contributed by atoms with E-state index in [1.54, 1.807) is 13.8 Å². The molecule has 0 fully saturated rings. The Morgan fingerprint density at radius 2 is 2.25 bits per heavy atom. The zero-order chi connectivity index (χ0) is 12.2. The number of halogens is 1. The third-order valence-corrected chi connectivity index (χ3v) is 2.34. The third-order valence-electron chi connectivity index (χ3n) is 2.34. The molecule has 0 spiro atoms. The average Bonchev–Trinajstić information content (AvgIpc) is 2.28. The van der Waals surface area contributed by atoms with Crippen LogP contribution in [0.4, 0.5) is 10.2 Å². The normalized spacial score (nSPS) is 11.2. The van der Waals surface area contributed by atoms with Crippen LogP contribution in [0, 0.1) is 5.82 Å². The maximum absolute atomic E-state index is 12.6. The number of carbonyl (C=O) groups excluding carboxylic acids is 1. The number of carbonyl (C=O) groups is 1. The molecule has 88 valence electrons. The second-order valence-electron chi connectivity index (χ2n) is 3.85. The van der Waals surface area contributed by atoms with Crippen molar-refractivity contribution in [3.05, 3.63) is 24.1 Å². The van der Waals surface area contributed by atoms with Gasteiger partial charge in [0.15, 0.2) is 5.78 Å². The first kappa shape index (κ1) is 12.6. The van der Waals surface area contributed by atoms with Crippen LogP contribution in [0.15, 0.2) is 18.3 Å². The van der Waals surface area contributed by atoms with Gasteiger partial charge in [-0.05, 0) is 26.0 Å². The summed E-state index contributed by atoms with van der Waals surface area (Å²) in [5, 5.41) is 2.80. The van der Waals surface area contributed by atoms with Crippen molar-refractivity contribution in [3.63, 3.8) is 0 Å². The Kier molecular flexibility index (Phi) is 3.95. The number of ketones is 1. The van der Waals surface area contributed by atoms with Crippen molar-refractivity contribution < 1.29 is 13.9 Å². The molecule has 0 radical (unpaired) electrons. The molecule has 0 saturated carbocycles. The highest BCUT2D eigenvalue weighted by molar-refractivity contribution is 5.89. The number of nitrogens with one attached hydrogen (secondary N) is 1. The number of hydrogen-bond donors (Lipinski definition) is 1. The molecule has 1 aromatic heterocycles. The second-order valence-corrected chi connectivity index (χ2v) is 3.85.